The molecule has 2 N–H and O–H groups in total. The molecule has 102 valence electrons. The van der Waals surface area contributed by atoms with Crippen LogP contribution in [0, 0.1) is 0 Å². The first-order valence-electron chi connectivity index (χ1n) is 6.68. The van der Waals surface area contributed by atoms with Crippen molar-refractivity contribution in [3.8, 4) is 11.5 Å². The molecule has 1 saturated heterocycles. The van der Waals surface area contributed by atoms with Gasteiger partial charge in [0.15, 0.2) is 11.5 Å². The minimum atomic E-state index is -0.363. The van der Waals surface area contributed by atoms with Gasteiger partial charge >= 0.3 is 0 Å². The van der Waals surface area contributed by atoms with Crippen LogP contribution in [0.25, 0.3) is 0 Å². The van der Waals surface area contributed by atoms with Crippen LogP contribution in [-0.4, -0.2) is 37.1 Å². The van der Waals surface area contributed by atoms with Crippen molar-refractivity contribution in [1.29, 1.82) is 0 Å². The van der Waals surface area contributed by atoms with E-state index in [0.717, 1.165) is 37.2 Å². The number of primary amides is 1. The summed E-state index contributed by atoms with van der Waals surface area (Å²) in [5.74, 6) is 1.13. The van der Waals surface area contributed by atoms with E-state index < -0.39 is 0 Å². The predicted molar refractivity (Wildman–Crippen MR) is 70.2 cm³/mol. The zero-order valence-corrected chi connectivity index (χ0v) is 10.8. The molecular weight excluding hydrogens is 244 g/mol. The lowest BCUT2D eigenvalue weighted by Gasteiger charge is -2.26. The van der Waals surface area contributed by atoms with Gasteiger partial charge in [0.2, 0.25) is 5.91 Å². The van der Waals surface area contributed by atoms with Crippen molar-refractivity contribution in [2.24, 2.45) is 5.73 Å². The summed E-state index contributed by atoms with van der Waals surface area (Å²) in [7, 11) is 0. The van der Waals surface area contributed by atoms with E-state index in [1.807, 2.05) is 18.2 Å². The van der Waals surface area contributed by atoms with Gasteiger partial charge in [-0.05, 0) is 43.6 Å². The number of hydrogen-bond donors (Lipinski definition) is 1. The van der Waals surface area contributed by atoms with Crippen molar-refractivity contribution in [1.82, 2.24) is 4.90 Å². The van der Waals surface area contributed by atoms with Crippen LogP contribution in [0.2, 0.25) is 0 Å². The molecule has 0 spiro atoms. The van der Waals surface area contributed by atoms with Crippen molar-refractivity contribution >= 4 is 5.91 Å². The van der Waals surface area contributed by atoms with Gasteiger partial charge in [-0.3, -0.25) is 9.69 Å². The van der Waals surface area contributed by atoms with Gasteiger partial charge in [-0.15, -0.1) is 0 Å². The highest BCUT2D eigenvalue weighted by atomic mass is 16.6. The van der Waals surface area contributed by atoms with E-state index in [1.54, 1.807) is 0 Å². The number of amides is 1. The molecule has 5 heteroatoms. The van der Waals surface area contributed by atoms with E-state index in [9.17, 15) is 4.79 Å². The Morgan fingerprint density at radius 3 is 2.53 bits per heavy atom. The zero-order valence-electron chi connectivity index (χ0n) is 10.8. The Morgan fingerprint density at radius 1 is 1.16 bits per heavy atom. The fourth-order valence-electron chi connectivity index (χ4n) is 2.78. The largest absolute Gasteiger partial charge is 0.486 e. The van der Waals surface area contributed by atoms with Crippen molar-refractivity contribution in [2.45, 2.75) is 18.9 Å². The molecule has 5 nitrogen and oxygen atoms in total. The second-order valence-electron chi connectivity index (χ2n) is 4.95. The second-order valence-corrected chi connectivity index (χ2v) is 4.95. The molecule has 0 bridgehead atoms. The molecule has 1 aromatic rings. The second kappa shape index (κ2) is 5.09. The number of nitrogens with two attached hydrogens (primary N) is 1. The number of ether oxygens (including phenoxy) is 2. The van der Waals surface area contributed by atoms with Crippen molar-refractivity contribution in [3.05, 3.63) is 23.8 Å². The predicted octanol–water partition coefficient (Wildman–Crippen LogP) is 1.08. The third-order valence-electron chi connectivity index (χ3n) is 3.66. The van der Waals surface area contributed by atoms with E-state index in [2.05, 4.69) is 4.90 Å². The number of carbonyl (C=O) groups is 1. The molecule has 2 heterocycles. The van der Waals surface area contributed by atoms with E-state index in [-0.39, 0.29) is 11.9 Å². The first kappa shape index (κ1) is 12.3. The summed E-state index contributed by atoms with van der Waals surface area (Å²) in [4.78, 5) is 13.9. The van der Waals surface area contributed by atoms with Crippen molar-refractivity contribution in [3.63, 3.8) is 0 Å². The molecule has 1 atom stereocenters. The maximum atomic E-state index is 11.8. The standard InChI is InChI=1S/C14H18N2O3/c15-14(17)13(16-5-1-2-6-16)10-3-4-11-12(9-10)19-8-7-18-11/h3-4,9,13H,1-2,5-8H2,(H2,15,17). The molecule has 1 aromatic carbocycles. The molecular formula is C14H18N2O3. The number of fused-ring (bicyclic) bond motifs is 1. The maximum Gasteiger partial charge on any atom is 0.239 e. The Balaban J connectivity index is 1.91. The van der Waals surface area contributed by atoms with Gasteiger partial charge in [0, 0.05) is 0 Å². The highest BCUT2D eigenvalue weighted by molar-refractivity contribution is 5.81. The minimum absolute atomic E-state index is 0.307. The zero-order chi connectivity index (χ0) is 13.2. The van der Waals surface area contributed by atoms with Crippen LogP contribution in [0.1, 0.15) is 24.4 Å². The van der Waals surface area contributed by atoms with E-state index in [4.69, 9.17) is 15.2 Å². The summed E-state index contributed by atoms with van der Waals surface area (Å²) in [5, 5.41) is 0. The highest BCUT2D eigenvalue weighted by Gasteiger charge is 2.29. The Morgan fingerprint density at radius 2 is 1.84 bits per heavy atom. The topological polar surface area (TPSA) is 64.8 Å². The number of rotatable bonds is 3. The Hall–Kier alpha value is -1.75. The molecule has 0 aromatic heterocycles. The highest BCUT2D eigenvalue weighted by Crippen LogP contribution is 2.34. The molecule has 1 amide bonds. The number of likely N-dealkylation sites (tertiary alicyclic amines) is 1. The van der Waals surface area contributed by atoms with Crippen LogP contribution in [0.5, 0.6) is 11.5 Å². The maximum absolute atomic E-state index is 11.8. The quantitative estimate of drug-likeness (QED) is 0.885. The van der Waals surface area contributed by atoms with Gasteiger partial charge in [-0.2, -0.15) is 0 Å². The first-order chi connectivity index (χ1) is 9.25. The molecule has 1 fully saturated rings. The Kier molecular flexibility index (Phi) is 3.29. The van der Waals surface area contributed by atoms with E-state index in [1.165, 1.54) is 0 Å². The van der Waals surface area contributed by atoms with Crippen LogP contribution < -0.4 is 15.2 Å². The smallest absolute Gasteiger partial charge is 0.239 e. The van der Waals surface area contributed by atoms with Crippen LogP contribution in [-0.2, 0) is 4.79 Å². The van der Waals surface area contributed by atoms with Crippen LogP contribution in [0.3, 0.4) is 0 Å². The summed E-state index contributed by atoms with van der Waals surface area (Å²) in [6.45, 7) is 2.95. The van der Waals surface area contributed by atoms with Crippen LogP contribution in [0.15, 0.2) is 18.2 Å². The molecule has 19 heavy (non-hydrogen) atoms. The molecule has 0 aliphatic carbocycles. The average Bonchev–Trinajstić information content (AvgIpc) is 2.92. The fraction of sp³-hybridized carbons (Fsp3) is 0.500. The third kappa shape index (κ3) is 2.38. The molecule has 2 aliphatic rings. The Labute approximate surface area is 112 Å². The number of benzene rings is 1. The lowest BCUT2D eigenvalue weighted by Crippen LogP contribution is -2.36. The van der Waals surface area contributed by atoms with Gasteiger partial charge in [-0.1, -0.05) is 6.07 Å². The summed E-state index contributed by atoms with van der Waals surface area (Å²) in [6, 6.07) is 5.28. The molecule has 1 unspecified atom stereocenters. The van der Waals surface area contributed by atoms with Crippen molar-refractivity contribution < 1.29 is 14.3 Å². The van der Waals surface area contributed by atoms with Gasteiger partial charge in [-0.25, -0.2) is 0 Å². The lowest BCUT2D eigenvalue weighted by atomic mass is 10.0. The van der Waals surface area contributed by atoms with Gasteiger partial charge in [0.1, 0.15) is 19.3 Å². The summed E-state index contributed by atoms with van der Waals surface area (Å²) in [5.41, 5.74) is 6.46. The number of nitrogens with zero attached hydrogens (tertiary/aromatic N) is 1. The summed E-state index contributed by atoms with van der Waals surface area (Å²) in [6.07, 6.45) is 2.24. The van der Waals surface area contributed by atoms with E-state index in [0.29, 0.717) is 19.0 Å². The summed E-state index contributed by atoms with van der Waals surface area (Å²) < 4.78 is 11.1. The Bertz CT molecular complexity index is 484. The third-order valence-corrected chi connectivity index (χ3v) is 3.66. The molecule has 2 aliphatic heterocycles. The first-order valence-corrected chi connectivity index (χ1v) is 6.68. The van der Waals surface area contributed by atoms with Crippen LogP contribution in [0.4, 0.5) is 0 Å². The number of carbonyl (C=O) groups excluding carboxylic acids is 1. The van der Waals surface area contributed by atoms with Gasteiger partial charge in [0.25, 0.3) is 0 Å². The minimum Gasteiger partial charge on any atom is -0.486 e. The van der Waals surface area contributed by atoms with Crippen molar-refractivity contribution in [2.75, 3.05) is 26.3 Å². The monoisotopic (exact) mass is 262 g/mol. The van der Waals surface area contributed by atoms with E-state index >= 15 is 0 Å². The summed E-state index contributed by atoms with van der Waals surface area (Å²) >= 11 is 0. The fourth-order valence-corrected chi connectivity index (χ4v) is 2.78. The van der Waals surface area contributed by atoms with Crippen LogP contribution >= 0.6 is 0 Å². The molecule has 3 rings (SSSR count). The normalized spacial score (nSPS) is 20.2. The lowest BCUT2D eigenvalue weighted by molar-refractivity contribution is -0.123. The van der Waals surface area contributed by atoms with Gasteiger partial charge < -0.3 is 15.2 Å². The molecule has 0 radical (unpaired) electrons. The average molecular weight is 262 g/mol. The SMILES string of the molecule is NC(=O)C(c1ccc2c(c1)OCCO2)N1CCCC1. The number of hydrogen-bond acceptors (Lipinski definition) is 4. The molecule has 0 saturated carbocycles. The van der Waals surface area contributed by atoms with Gasteiger partial charge in [0.05, 0.1) is 0 Å².